The van der Waals surface area contributed by atoms with Crippen LogP contribution in [-0.4, -0.2) is 38.7 Å². The lowest BCUT2D eigenvalue weighted by Gasteiger charge is -2.23. The van der Waals surface area contributed by atoms with Gasteiger partial charge in [-0.15, -0.1) is 0 Å². The zero-order valence-corrected chi connectivity index (χ0v) is 17.0. The van der Waals surface area contributed by atoms with Crippen molar-refractivity contribution in [1.29, 1.82) is 0 Å². The highest BCUT2D eigenvalue weighted by Gasteiger charge is 2.16. The van der Waals surface area contributed by atoms with E-state index in [0.717, 1.165) is 24.8 Å². The molecule has 0 spiro atoms. The van der Waals surface area contributed by atoms with E-state index in [0.29, 0.717) is 35.5 Å². The maximum absolute atomic E-state index is 9.49. The fraction of sp³-hybridized carbons (Fsp3) is 0.550. The number of rotatable bonds is 9. The van der Waals surface area contributed by atoms with Crippen LogP contribution >= 0.6 is 11.6 Å². The van der Waals surface area contributed by atoms with Gasteiger partial charge in [0.2, 0.25) is 17.8 Å². The normalized spacial score (nSPS) is 15.8. The first-order valence-corrected chi connectivity index (χ1v) is 10.4. The molecular weight excluding hydrogens is 376 g/mol. The summed E-state index contributed by atoms with van der Waals surface area (Å²) in [4.78, 5) is 13.5. The van der Waals surface area contributed by atoms with Gasteiger partial charge in [-0.3, -0.25) is 0 Å². The van der Waals surface area contributed by atoms with Gasteiger partial charge in [0.15, 0.2) is 0 Å². The van der Waals surface area contributed by atoms with Crippen LogP contribution in [0.25, 0.3) is 0 Å². The van der Waals surface area contributed by atoms with Gasteiger partial charge >= 0.3 is 0 Å². The average molecular weight is 405 g/mol. The van der Waals surface area contributed by atoms with Crippen molar-refractivity contribution < 1.29 is 5.11 Å². The van der Waals surface area contributed by atoms with Crippen molar-refractivity contribution in [3.05, 3.63) is 34.9 Å². The molecule has 1 aliphatic carbocycles. The van der Waals surface area contributed by atoms with E-state index >= 15 is 0 Å². The minimum atomic E-state index is -0.0888. The average Bonchev–Trinajstić information content (AvgIpc) is 2.72. The predicted molar refractivity (Wildman–Crippen MR) is 114 cm³/mol. The van der Waals surface area contributed by atoms with Crippen molar-refractivity contribution in [3.8, 4) is 0 Å². The van der Waals surface area contributed by atoms with Crippen LogP contribution < -0.4 is 16.0 Å². The summed E-state index contributed by atoms with van der Waals surface area (Å²) < 4.78 is 0. The fourth-order valence-corrected chi connectivity index (χ4v) is 3.38. The molecule has 8 heteroatoms. The lowest BCUT2D eigenvalue weighted by atomic mass is 9.96. The molecule has 152 valence electrons. The molecule has 2 aromatic rings. The smallest absolute Gasteiger partial charge is 0.229 e. The lowest BCUT2D eigenvalue weighted by molar-refractivity contribution is 0.271. The number of halogens is 1. The number of benzene rings is 1. The molecule has 1 fully saturated rings. The van der Waals surface area contributed by atoms with Crippen molar-refractivity contribution in [1.82, 2.24) is 15.0 Å². The summed E-state index contributed by atoms with van der Waals surface area (Å²) in [6.07, 6.45) is 6.81. The summed E-state index contributed by atoms with van der Waals surface area (Å²) in [6.45, 7) is 2.62. The Hall–Kier alpha value is -2.12. The van der Waals surface area contributed by atoms with E-state index in [4.69, 9.17) is 11.6 Å². The second-order valence-corrected chi connectivity index (χ2v) is 7.63. The standard InChI is InChI=1S/C20H29ClN6O/c1-2-16(13-28)23-19-25-18(22-12-14-8-10-15(21)11-9-14)26-20(27-19)24-17-6-4-3-5-7-17/h8-11,16-17,28H,2-7,12-13H2,1H3,(H3,22,23,24,25,26,27)/t16-/m1/s1. The first kappa shape index (κ1) is 20.6. The Morgan fingerprint density at radius 2 is 1.71 bits per heavy atom. The van der Waals surface area contributed by atoms with E-state index in [-0.39, 0.29) is 12.6 Å². The summed E-state index contributed by atoms with van der Waals surface area (Å²) >= 11 is 5.95. The number of nitrogens with zero attached hydrogens (tertiary/aromatic N) is 3. The van der Waals surface area contributed by atoms with Crippen LogP contribution in [0, 0.1) is 0 Å². The molecule has 0 unspecified atom stereocenters. The topological polar surface area (TPSA) is 95.0 Å². The summed E-state index contributed by atoms with van der Waals surface area (Å²) in [5, 5.41) is 20.1. The number of hydrogen-bond acceptors (Lipinski definition) is 7. The Bertz CT molecular complexity index is 732. The molecule has 4 N–H and O–H groups in total. The molecule has 0 bridgehead atoms. The van der Waals surface area contributed by atoms with Gasteiger partial charge in [0.25, 0.3) is 0 Å². The van der Waals surface area contributed by atoms with Gasteiger partial charge in [-0.1, -0.05) is 49.9 Å². The van der Waals surface area contributed by atoms with Crippen molar-refractivity contribution in [2.24, 2.45) is 0 Å². The zero-order chi connectivity index (χ0) is 19.8. The number of nitrogens with one attached hydrogen (secondary N) is 3. The van der Waals surface area contributed by atoms with Crippen LogP contribution in [0.2, 0.25) is 5.02 Å². The van der Waals surface area contributed by atoms with Crippen LogP contribution in [0.1, 0.15) is 51.0 Å². The zero-order valence-electron chi connectivity index (χ0n) is 16.3. The highest BCUT2D eigenvalue weighted by molar-refractivity contribution is 6.30. The molecule has 1 aromatic heterocycles. The molecule has 7 nitrogen and oxygen atoms in total. The monoisotopic (exact) mass is 404 g/mol. The Labute approximate surface area is 171 Å². The van der Waals surface area contributed by atoms with E-state index in [1.54, 1.807) is 0 Å². The van der Waals surface area contributed by atoms with E-state index in [9.17, 15) is 5.11 Å². The second-order valence-electron chi connectivity index (χ2n) is 7.20. The van der Waals surface area contributed by atoms with Crippen LogP contribution in [0.3, 0.4) is 0 Å². The summed E-state index contributed by atoms with van der Waals surface area (Å²) in [5.74, 6) is 1.53. The Balaban J connectivity index is 1.73. The molecule has 0 aliphatic heterocycles. The highest BCUT2D eigenvalue weighted by atomic mass is 35.5. The number of aliphatic hydroxyl groups excluding tert-OH is 1. The molecule has 28 heavy (non-hydrogen) atoms. The molecule has 3 rings (SSSR count). The van der Waals surface area contributed by atoms with Crippen LogP contribution in [0.15, 0.2) is 24.3 Å². The Kier molecular flexibility index (Phi) is 7.68. The minimum absolute atomic E-state index is 0.0289. The lowest BCUT2D eigenvalue weighted by Crippen LogP contribution is -2.26. The number of anilines is 3. The van der Waals surface area contributed by atoms with E-state index in [1.165, 1.54) is 19.3 Å². The van der Waals surface area contributed by atoms with Crippen LogP contribution in [-0.2, 0) is 6.54 Å². The molecule has 0 amide bonds. The molecular formula is C20H29ClN6O. The van der Waals surface area contributed by atoms with Gasteiger partial charge in [0, 0.05) is 17.6 Å². The first-order valence-electron chi connectivity index (χ1n) is 10.0. The number of aliphatic hydroxyl groups is 1. The van der Waals surface area contributed by atoms with Crippen molar-refractivity contribution in [3.63, 3.8) is 0 Å². The maximum Gasteiger partial charge on any atom is 0.229 e. The van der Waals surface area contributed by atoms with E-state index in [2.05, 4.69) is 30.9 Å². The Morgan fingerprint density at radius 1 is 1.04 bits per heavy atom. The fourth-order valence-electron chi connectivity index (χ4n) is 3.26. The highest BCUT2D eigenvalue weighted by Crippen LogP contribution is 2.21. The largest absolute Gasteiger partial charge is 0.394 e. The number of aromatic nitrogens is 3. The van der Waals surface area contributed by atoms with Crippen LogP contribution in [0.5, 0.6) is 0 Å². The van der Waals surface area contributed by atoms with Gasteiger partial charge in [-0.25, -0.2) is 0 Å². The summed E-state index contributed by atoms with van der Waals surface area (Å²) in [5.41, 5.74) is 1.09. The number of hydrogen-bond donors (Lipinski definition) is 4. The molecule has 1 heterocycles. The molecule has 1 atom stereocenters. The predicted octanol–water partition coefficient (Wildman–Crippen LogP) is 4.06. The first-order chi connectivity index (χ1) is 13.7. The van der Waals surface area contributed by atoms with Gasteiger partial charge in [0.1, 0.15) is 0 Å². The molecule has 1 saturated carbocycles. The quantitative estimate of drug-likeness (QED) is 0.500. The molecule has 1 aromatic carbocycles. The SMILES string of the molecule is CC[C@H](CO)Nc1nc(NCc2ccc(Cl)cc2)nc(NC2CCCCC2)n1. The minimum Gasteiger partial charge on any atom is -0.394 e. The van der Waals surface area contributed by atoms with Crippen molar-refractivity contribution in [2.75, 3.05) is 22.6 Å². The third-order valence-electron chi connectivity index (χ3n) is 4.98. The van der Waals surface area contributed by atoms with Gasteiger partial charge in [0.05, 0.1) is 12.6 Å². The maximum atomic E-state index is 9.49. The van der Waals surface area contributed by atoms with Gasteiger partial charge < -0.3 is 21.1 Å². The third-order valence-corrected chi connectivity index (χ3v) is 5.24. The van der Waals surface area contributed by atoms with Crippen LogP contribution in [0.4, 0.5) is 17.8 Å². The van der Waals surface area contributed by atoms with Crippen molar-refractivity contribution >= 4 is 29.4 Å². The van der Waals surface area contributed by atoms with E-state index in [1.807, 2.05) is 31.2 Å². The Morgan fingerprint density at radius 3 is 2.39 bits per heavy atom. The van der Waals surface area contributed by atoms with Gasteiger partial charge in [-0.05, 0) is 37.0 Å². The van der Waals surface area contributed by atoms with E-state index < -0.39 is 0 Å². The molecule has 0 saturated heterocycles. The summed E-state index contributed by atoms with van der Waals surface area (Å²) in [7, 11) is 0. The van der Waals surface area contributed by atoms with Crippen molar-refractivity contribution in [2.45, 2.75) is 64.1 Å². The molecule has 1 aliphatic rings. The molecule has 0 radical (unpaired) electrons. The third kappa shape index (κ3) is 6.21. The summed E-state index contributed by atoms with van der Waals surface area (Å²) in [6, 6.07) is 7.97. The van der Waals surface area contributed by atoms with Gasteiger partial charge in [-0.2, -0.15) is 15.0 Å². The second kappa shape index (κ2) is 10.4.